The highest BCUT2D eigenvalue weighted by Gasteiger charge is 2.11. The molecule has 1 N–H and O–H groups in total. The highest BCUT2D eigenvalue weighted by atomic mass is 16.5. The van der Waals surface area contributed by atoms with Crippen LogP contribution in [0.15, 0.2) is 48.5 Å². The molecule has 0 saturated heterocycles. The summed E-state index contributed by atoms with van der Waals surface area (Å²) >= 11 is 0. The van der Waals surface area contributed by atoms with Gasteiger partial charge in [-0.05, 0) is 12.1 Å². The van der Waals surface area contributed by atoms with Gasteiger partial charge in [0, 0.05) is 16.7 Å². The third-order valence-electron chi connectivity index (χ3n) is 3.16. The van der Waals surface area contributed by atoms with Crippen LogP contribution < -0.4 is 4.74 Å². The van der Waals surface area contributed by atoms with E-state index >= 15 is 0 Å². The number of carbonyl (C=O) groups is 1. The quantitative estimate of drug-likeness (QED) is 0.745. The van der Waals surface area contributed by atoms with Crippen molar-refractivity contribution in [2.24, 2.45) is 0 Å². The highest BCUT2D eigenvalue weighted by molar-refractivity contribution is 5.85. The number of hydrogen-bond acceptors (Lipinski definition) is 4. The highest BCUT2D eigenvalue weighted by Crippen LogP contribution is 2.24. The van der Waals surface area contributed by atoms with Gasteiger partial charge in [0.05, 0.1) is 7.11 Å². The molecule has 0 bridgehead atoms. The van der Waals surface area contributed by atoms with Gasteiger partial charge in [-0.1, -0.05) is 36.4 Å². The van der Waals surface area contributed by atoms with Crippen LogP contribution in [-0.4, -0.2) is 28.6 Å². The standard InChI is InChI=1S/C16H13N3O2/c1-21-13-7-4-6-11(9-13)15-17-16(19-18-15)14-8-3-2-5-12(14)10-20/h2-10H,1H3,(H,17,18,19). The Morgan fingerprint density at radius 2 is 2.00 bits per heavy atom. The molecule has 0 amide bonds. The molecule has 0 aliphatic carbocycles. The third kappa shape index (κ3) is 2.53. The minimum Gasteiger partial charge on any atom is -0.497 e. The van der Waals surface area contributed by atoms with Crippen molar-refractivity contribution in [2.75, 3.05) is 7.11 Å². The molecular formula is C16H13N3O2. The van der Waals surface area contributed by atoms with Crippen molar-refractivity contribution in [1.82, 2.24) is 15.2 Å². The van der Waals surface area contributed by atoms with Crippen LogP contribution in [0.4, 0.5) is 0 Å². The summed E-state index contributed by atoms with van der Waals surface area (Å²) in [5, 5.41) is 7.08. The summed E-state index contributed by atoms with van der Waals surface area (Å²) in [6, 6.07) is 14.8. The first kappa shape index (κ1) is 13.1. The summed E-state index contributed by atoms with van der Waals surface area (Å²) in [5.41, 5.74) is 2.14. The first-order chi connectivity index (χ1) is 10.3. The minimum atomic E-state index is 0.496. The number of methoxy groups -OCH3 is 1. The Kier molecular flexibility index (Phi) is 3.47. The average Bonchev–Trinajstić information content (AvgIpc) is 3.04. The maximum atomic E-state index is 11.1. The monoisotopic (exact) mass is 279 g/mol. The Morgan fingerprint density at radius 3 is 2.81 bits per heavy atom. The molecule has 5 heteroatoms. The van der Waals surface area contributed by atoms with Crippen LogP contribution in [0.1, 0.15) is 10.4 Å². The molecule has 1 heterocycles. The fraction of sp³-hybridized carbons (Fsp3) is 0.0625. The number of rotatable bonds is 4. The number of carbonyl (C=O) groups excluding carboxylic acids is 1. The Labute approximate surface area is 121 Å². The van der Waals surface area contributed by atoms with E-state index in [0.29, 0.717) is 22.8 Å². The van der Waals surface area contributed by atoms with E-state index in [-0.39, 0.29) is 0 Å². The molecule has 0 atom stereocenters. The zero-order valence-electron chi connectivity index (χ0n) is 11.4. The van der Waals surface area contributed by atoms with Gasteiger partial charge in [0.25, 0.3) is 0 Å². The molecule has 0 saturated carbocycles. The fourth-order valence-corrected chi connectivity index (χ4v) is 2.09. The van der Waals surface area contributed by atoms with Crippen LogP contribution in [0.3, 0.4) is 0 Å². The molecule has 3 rings (SSSR count). The van der Waals surface area contributed by atoms with Gasteiger partial charge in [0.15, 0.2) is 17.9 Å². The van der Waals surface area contributed by atoms with E-state index in [4.69, 9.17) is 4.74 Å². The Morgan fingerprint density at radius 1 is 1.14 bits per heavy atom. The summed E-state index contributed by atoms with van der Waals surface area (Å²) in [4.78, 5) is 15.5. The van der Waals surface area contributed by atoms with Crippen molar-refractivity contribution in [1.29, 1.82) is 0 Å². The van der Waals surface area contributed by atoms with E-state index in [9.17, 15) is 4.79 Å². The fourth-order valence-electron chi connectivity index (χ4n) is 2.09. The topological polar surface area (TPSA) is 67.9 Å². The minimum absolute atomic E-state index is 0.496. The smallest absolute Gasteiger partial charge is 0.182 e. The van der Waals surface area contributed by atoms with Crippen LogP contribution >= 0.6 is 0 Å². The Balaban J connectivity index is 2.01. The van der Waals surface area contributed by atoms with Crippen LogP contribution in [0.2, 0.25) is 0 Å². The van der Waals surface area contributed by atoms with Crippen LogP contribution in [0, 0.1) is 0 Å². The molecule has 0 aliphatic rings. The molecule has 5 nitrogen and oxygen atoms in total. The zero-order valence-corrected chi connectivity index (χ0v) is 11.4. The predicted octanol–water partition coefficient (Wildman–Crippen LogP) is 2.96. The van der Waals surface area contributed by atoms with Gasteiger partial charge in [0.2, 0.25) is 0 Å². The largest absolute Gasteiger partial charge is 0.497 e. The van der Waals surface area contributed by atoms with Gasteiger partial charge >= 0.3 is 0 Å². The van der Waals surface area contributed by atoms with E-state index in [1.54, 1.807) is 13.2 Å². The summed E-state index contributed by atoms with van der Waals surface area (Å²) in [7, 11) is 1.62. The normalized spacial score (nSPS) is 10.3. The molecule has 104 valence electrons. The van der Waals surface area contributed by atoms with E-state index < -0.39 is 0 Å². The molecular weight excluding hydrogens is 266 g/mol. The molecule has 0 spiro atoms. The molecule has 21 heavy (non-hydrogen) atoms. The second-order valence-corrected chi connectivity index (χ2v) is 4.44. The third-order valence-corrected chi connectivity index (χ3v) is 3.16. The predicted molar refractivity (Wildman–Crippen MR) is 79.2 cm³/mol. The summed E-state index contributed by atoms with van der Waals surface area (Å²) < 4.78 is 5.20. The van der Waals surface area contributed by atoms with E-state index in [0.717, 1.165) is 17.6 Å². The number of aromatic nitrogens is 3. The first-order valence-electron chi connectivity index (χ1n) is 6.43. The maximum Gasteiger partial charge on any atom is 0.182 e. The second-order valence-electron chi connectivity index (χ2n) is 4.44. The van der Waals surface area contributed by atoms with Gasteiger partial charge < -0.3 is 4.74 Å². The average molecular weight is 279 g/mol. The lowest BCUT2D eigenvalue weighted by Gasteiger charge is -2.01. The first-order valence-corrected chi connectivity index (χ1v) is 6.43. The number of benzene rings is 2. The molecule has 1 aromatic heterocycles. The number of H-pyrrole nitrogens is 1. The lowest BCUT2D eigenvalue weighted by Crippen LogP contribution is -1.88. The molecule has 0 radical (unpaired) electrons. The Hall–Kier alpha value is -2.95. The van der Waals surface area contributed by atoms with Crippen molar-refractivity contribution in [3.63, 3.8) is 0 Å². The van der Waals surface area contributed by atoms with E-state index in [2.05, 4.69) is 15.2 Å². The van der Waals surface area contributed by atoms with E-state index in [1.165, 1.54) is 0 Å². The zero-order chi connectivity index (χ0) is 14.7. The lowest BCUT2D eigenvalue weighted by atomic mass is 10.1. The molecule has 0 fully saturated rings. The summed E-state index contributed by atoms with van der Waals surface area (Å²) in [5.74, 6) is 1.87. The van der Waals surface area contributed by atoms with Gasteiger partial charge in [-0.25, -0.2) is 4.98 Å². The van der Waals surface area contributed by atoms with Gasteiger partial charge in [-0.15, -0.1) is 0 Å². The number of hydrogen-bond donors (Lipinski definition) is 1. The van der Waals surface area contributed by atoms with Crippen molar-refractivity contribution < 1.29 is 9.53 Å². The summed E-state index contributed by atoms with van der Waals surface area (Å²) in [6.07, 6.45) is 0.802. The van der Waals surface area contributed by atoms with Crippen LogP contribution in [0.5, 0.6) is 5.75 Å². The molecule has 2 aromatic carbocycles. The number of aromatic amines is 1. The van der Waals surface area contributed by atoms with Gasteiger partial charge in [-0.3, -0.25) is 9.89 Å². The molecule has 3 aromatic rings. The van der Waals surface area contributed by atoms with Crippen molar-refractivity contribution in [3.05, 3.63) is 54.1 Å². The lowest BCUT2D eigenvalue weighted by molar-refractivity contribution is 0.112. The maximum absolute atomic E-state index is 11.1. The molecule has 0 aliphatic heterocycles. The number of ether oxygens (including phenoxy) is 1. The van der Waals surface area contributed by atoms with Crippen LogP contribution in [-0.2, 0) is 0 Å². The second kappa shape index (κ2) is 5.58. The number of nitrogens with one attached hydrogen (secondary N) is 1. The van der Waals surface area contributed by atoms with Gasteiger partial charge in [0.1, 0.15) is 5.75 Å². The SMILES string of the molecule is COc1cccc(-c2nc(-c3ccccc3C=O)n[nH]2)c1. The van der Waals surface area contributed by atoms with Crippen molar-refractivity contribution in [3.8, 4) is 28.5 Å². The van der Waals surface area contributed by atoms with Gasteiger partial charge in [-0.2, -0.15) is 5.10 Å². The van der Waals surface area contributed by atoms with E-state index in [1.807, 2.05) is 42.5 Å². The van der Waals surface area contributed by atoms with Crippen molar-refractivity contribution >= 4 is 6.29 Å². The molecule has 0 unspecified atom stereocenters. The Bertz CT molecular complexity index is 780. The number of aldehydes is 1. The number of nitrogens with zero attached hydrogens (tertiary/aromatic N) is 2. The van der Waals surface area contributed by atoms with Crippen LogP contribution in [0.25, 0.3) is 22.8 Å². The van der Waals surface area contributed by atoms with Crippen molar-refractivity contribution in [2.45, 2.75) is 0 Å². The summed E-state index contributed by atoms with van der Waals surface area (Å²) in [6.45, 7) is 0.